The number of rotatable bonds is 5. The third-order valence-corrected chi connectivity index (χ3v) is 5.16. The highest BCUT2D eigenvalue weighted by Gasteiger charge is 2.11. The van der Waals surface area contributed by atoms with Gasteiger partial charge in [0.2, 0.25) is 0 Å². The van der Waals surface area contributed by atoms with E-state index >= 15 is 0 Å². The van der Waals surface area contributed by atoms with Crippen LogP contribution in [0.15, 0.2) is 72.8 Å². The lowest BCUT2D eigenvalue weighted by Crippen LogP contribution is -2.10. The van der Waals surface area contributed by atoms with Gasteiger partial charge in [-0.3, -0.25) is 0 Å². The molecule has 1 heteroatoms. The third kappa shape index (κ3) is 3.76. The summed E-state index contributed by atoms with van der Waals surface area (Å²) >= 11 is 0. The van der Waals surface area contributed by atoms with E-state index in [1.807, 2.05) is 0 Å². The summed E-state index contributed by atoms with van der Waals surface area (Å²) < 4.78 is 0. The Morgan fingerprint density at radius 3 is 2.04 bits per heavy atom. The summed E-state index contributed by atoms with van der Waals surface area (Å²) in [6.07, 6.45) is 1.17. The molecular weight excluding hydrogens is 302 g/mol. The van der Waals surface area contributed by atoms with E-state index in [-0.39, 0.29) is 0 Å². The van der Waals surface area contributed by atoms with Gasteiger partial charge in [0.15, 0.2) is 0 Å². The first-order valence-electron chi connectivity index (χ1n) is 9.10. The maximum absolute atomic E-state index is 2.34. The van der Waals surface area contributed by atoms with Crippen molar-refractivity contribution in [2.45, 2.75) is 33.1 Å². The minimum Gasteiger partial charge on any atom is -0.345 e. The van der Waals surface area contributed by atoms with Crippen molar-refractivity contribution in [3.63, 3.8) is 0 Å². The zero-order valence-corrected chi connectivity index (χ0v) is 15.7. The highest BCUT2D eigenvalue weighted by atomic mass is 15.1. The minimum atomic E-state index is 0.591. The van der Waals surface area contributed by atoms with Gasteiger partial charge < -0.3 is 4.90 Å². The van der Waals surface area contributed by atoms with E-state index in [2.05, 4.69) is 106 Å². The van der Waals surface area contributed by atoms with Crippen molar-refractivity contribution in [1.29, 1.82) is 0 Å². The molecule has 0 fully saturated rings. The second-order valence-corrected chi connectivity index (χ2v) is 6.82. The van der Waals surface area contributed by atoms with Crippen LogP contribution >= 0.6 is 0 Å². The van der Waals surface area contributed by atoms with Crippen LogP contribution < -0.4 is 4.90 Å². The van der Waals surface area contributed by atoms with Gasteiger partial charge in [0.25, 0.3) is 0 Å². The summed E-state index contributed by atoms with van der Waals surface area (Å²) in [6, 6.07) is 26.1. The molecule has 3 aromatic rings. The second-order valence-electron chi connectivity index (χ2n) is 6.82. The first-order valence-corrected chi connectivity index (χ1v) is 9.10. The number of benzene rings is 3. The van der Waals surface area contributed by atoms with Gasteiger partial charge in [-0.1, -0.05) is 62.4 Å². The number of anilines is 2. The summed E-state index contributed by atoms with van der Waals surface area (Å²) in [5.74, 6) is 0.591. The summed E-state index contributed by atoms with van der Waals surface area (Å²) in [5, 5.41) is 0. The Morgan fingerprint density at radius 2 is 1.40 bits per heavy atom. The summed E-state index contributed by atoms with van der Waals surface area (Å²) in [6.45, 7) is 6.77. The van der Waals surface area contributed by atoms with Crippen molar-refractivity contribution >= 4 is 11.4 Å². The van der Waals surface area contributed by atoms with Crippen molar-refractivity contribution in [2.24, 2.45) is 0 Å². The topological polar surface area (TPSA) is 3.24 Å². The zero-order valence-electron chi connectivity index (χ0n) is 15.7. The summed E-state index contributed by atoms with van der Waals surface area (Å²) in [7, 11) is 2.14. The van der Waals surface area contributed by atoms with E-state index in [0.717, 1.165) is 0 Å². The second kappa shape index (κ2) is 7.57. The molecule has 0 radical (unpaired) electrons. The Bertz CT molecular complexity index is 818. The monoisotopic (exact) mass is 329 g/mol. The van der Waals surface area contributed by atoms with Gasteiger partial charge in [-0.05, 0) is 65.8 Å². The maximum atomic E-state index is 2.34. The molecule has 0 amide bonds. The molecule has 0 aliphatic rings. The predicted octanol–water partition coefficient (Wildman–Crippen LogP) is 6.94. The lowest BCUT2D eigenvalue weighted by atomic mass is 9.93. The van der Waals surface area contributed by atoms with E-state index < -0.39 is 0 Å². The molecule has 0 saturated carbocycles. The van der Waals surface area contributed by atoms with Crippen LogP contribution in [0.2, 0.25) is 0 Å². The normalized spacial score (nSPS) is 12.0. The van der Waals surface area contributed by atoms with Gasteiger partial charge in [0.05, 0.1) is 0 Å². The molecule has 3 rings (SSSR count). The molecule has 25 heavy (non-hydrogen) atoms. The molecule has 3 aromatic carbocycles. The Balaban J connectivity index is 1.87. The van der Waals surface area contributed by atoms with E-state index in [1.54, 1.807) is 0 Å². The lowest BCUT2D eigenvalue weighted by Gasteiger charge is -2.23. The van der Waals surface area contributed by atoms with Gasteiger partial charge in [-0.15, -0.1) is 0 Å². The van der Waals surface area contributed by atoms with E-state index in [0.29, 0.717) is 5.92 Å². The van der Waals surface area contributed by atoms with Crippen LogP contribution in [-0.4, -0.2) is 7.05 Å². The average Bonchev–Trinajstić information content (AvgIpc) is 2.68. The average molecular weight is 329 g/mol. The molecule has 128 valence electrons. The van der Waals surface area contributed by atoms with Gasteiger partial charge >= 0.3 is 0 Å². The molecule has 0 aliphatic carbocycles. The molecular formula is C24H27N. The summed E-state index contributed by atoms with van der Waals surface area (Å²) in [4.78, 5) is 2.26. The molecule has 0 N–H and O–H groups in total. The highest BCUT2D eigenvalue weighted by molar-refractivity contribution is 5.69. The Hall–Kier alpha value is -2.54. The van der Waals surface area contributed by atoms with Crippen LogP contribution in [0.1, 0.15) is 37.3 Å². The van der Waals surface area contributed by atoms with E-state index in [4.69, 9.17) is 0 Å². The van der Waals surface area contributed by atoms with E-state index in [1.165, 1.54) is 40.0 Å². The standard InChI is InChI=1S/C24H27N/c1-5-18(2)24-17-23(14-11-19(24)3)25(4)22-15-12-21(13-16-22)20-9-7-6-8-10-20/h6-18H,5H2,1-4H3. The molecule has 0 saturated heterocycles. The molecule has 0 heterocycles. The fourth-order valence-corrected chi connectivity index (χ4v) is 3.24. The van der Waals surface area contributed by atoms with Crippen LogP contribution in [0.3, 0.4) is 0 Å². The smallest absolute Gasteiger partial charge is 0.0411 e. The molecule has 1 unspecified atom stereocenters. The molecule has 1 nitrogen and oxygen atoms in total. The maximum Gasteiger partial charge on any atom is 0.0411 e. The van der Waals surface area contributed by atoms with Crippen LogP contribution in [0, 0.1) is 6.92 Å². The quantitative estimate of drug-likeness (QED) is 0.490. The zero-order chi connectivity index (χ0) is 17.8. The number of nitrogens with zero attached hydrogens (tertiary/aromatic N) is 1. The van der Waals surface area contributed by atoms with Gasteiger partial charge in [-0.25, -0.2) is 0 Å². The SMILES string of the molecule is CCC(C)c1cc(N(C)c2ccc(-c3ccccc3)cc2)ccc1C. The van der Waals surface area contributed by atoms with Crippen LogP contribution in [0.25, 0.3) is 11.1 Å². The number of hydrogen-bond donors (Lipinski definition) is 0. The third-order valence-electron chi connectivity index (χ3n) is 5.16. The Kier molecular flexibility index (Phi) is 5.23. The van der Waals surface area contributed by atoms with Crippen molar-refractivity contribution in [1.82, 2.24) is 0 Å². The van der Waals surface area contributed by atoms with Gasteiger partial charge in [-0.2, -0.15) is 0 Å². The van der Waals surface area contributed by atoms with Gasteiger partial charge in [0, 0.05) is 18.4 Å². The molecule has 1 atom stereocenters. The Labute approximate surface area is 151 Å². The highest BCUT2D eigenvalue weighted by Crippen LogP contribution is 2.31. The molecule has 0 aliphatic heterocycles. The van der Waals surface area contributed by atoms with Gasteiger partial charge in [0.1, 0.15) is 0 Å². The van der Waals surface area contributed by atoms with Crippen molar-refractivity contribution < 1.29 is 0 Å². The Morgan fingerprint density at radius 1 is 0.800 bits per heavy atom. The van der Waals surface area contributed by atoms with Crippen LogP contribution in [0.4, 0.5) is 11.4 Å². The van der Waals surface area contributed by atoms with Crippen LogP contribution in [-0.2, 0) is 0 Å². The summed E-state index contributed by atoms with van der Waals surface area (Å²) in [5.41, 5.74) is 7.79. The molecule has 0 bridgehead atoms. The first-order chi connectivity index (χ1) is 12.1. The molecule has 0 aromatic heterocycles. The fourth-order valence-electron chi connectivity index (χ4n) is 3.24. The molecule has 0 spiro atoms. The number of hydrogen-bond acceptors (Lipinski definition) is 1. The minimum absolute atomic E-state index is 0.591. The van der Waals surface area contributed by atoms with Crippen LogP contribution in [0.5, 0.6) is 0 Å². The predicted molar refractivity (Wildman–Crippen MR) is 110 cm³/mol. The van der Waals surface area contributed by atoms with E-state index in [9.17, 15) is 0 Å². The first kappa shape index (κ1) is 17.3. The van der Waals surface area contributed by atoms with Crippen molar-refractivity contribution in [3.8, 4) is 11.1 Å². The fraction of sp³-hybridized carbons (Fsp3) is 0.250. The number of aryl methyl sites for hydroxylation is 1. The lowest BCUT2D eigenvalue weighted by molar-refractivity contribution is 0.728. The largest absolute Gasteiger partial charge is 0.345 e. The van der Waals surface area contributed by atoms with Crippen molar-refractivity contribution in [2.75, 3.05) is 11.9 Å². The van der Waals surface area contributed by atoms with Crippen molar-refractivity contribution in [3.05, 3.63) is 83.9 Å².